The fourth-order valence-electron chi connectivity index (χ4n) is 0.658. The fraction of sp³-hybridized carbons (Fsp3) is 0. The lowest BCUT2D eigenvalue weighted by Crippen LogP contribution is -1.78. The van der Waals surface area contributed by atoms with Crippen molar-refractivity contribution in [2.45, 2.75) is 0 Å². The molecule has 1 rings (SSSR count). The molecule has 0 fully saturated rings. The van der Waals surface area contributed by atoms with E-state index in [1.165, 1.54) is 0 Å². The first-order chi connectivity index (χ1) is 4.74. The molecule has 1 aromatic carbocycles. The SMILES string of the molecule is [CH2]c1ccc(Br)c(C#N)c1. The molecule has 1 aromatic rings. The van der Waals surface area contributed by atoms with Crippen molar-refractivity contribution in [1.82, 2.24) is 0 Å². The average molecular weight is 195 g/mol. The lowest BCUT2D eigenvalue weighted by atomic mass is 10.2. The zero-order valence-corrected chi connectivity index (χ0v) is 6.85. The summed E-state index contributed by atoms with van der Waals surface area (Å²) in [4.78, 5) is 0. The summed E-state index contributed by atoms with van der Waals surface area (Å²) in [6.45, 7) is 3.70. The minimum Gasteiger partial charge on any atom is -0.192 e. The van der Waals surface area contributed by atoms with Crippen molar-refractivity contribution in [3.63, 3.8) is 0 Å². The third kappa shape index (κ3) is 1.37. The van der Waals surface area contributed by atoms with Crippen molar-refractivity contribution in [3.8, 4) is 6.07 Å². The van der Waals surface area contributed by atoms with Gasteiger partial charge >= 0.3 is 0 Å². The second-order valence-corrected chi connectivity index (χ2v) is 2.78. The highest BCUT2D eigenvalue weighted by Crippen LogP contribution is 2.16. The molecule has 0 amide bonds. The Morgan fingerprint density at radius 2 is 2.20 bits per heavy atom. The molecule has 0 saturated heterocycles. The monoisotopic (exact) mass is 194 g/mol. The van der Waals surface area contributed by atoms with Crippen molar-refractivity contribution in [2.75, 3.05) is 0 Å². The Morgan fingerprint density at radius 3 is 2.70 bits per heavy atom. The Balaban J connectivity index is 3.25. The highest BCUT2D eigenvalue weighted by Gasteiger charge is 1.95. The molecule has 1 radical (unpaired) electrons. The van der Waals surface area contributed by atoms with Gasteiger partial charge in [-0.05, 0) is 40.5 Å². The second-order valence-electron chi connectivity index (χ2n) is 1.93. The Hall–Kier alpha value is -0.810. The number of nitriles is 1. The van der Waals surface area contributed by atoms with Gasteiger partial charge in [-0.15, -0.1) is 0 Å². The van der Waals surface area contributed by atoms with Crippen LogP contribution in [0, 0.1) is 18.3 Å². The molecule has 2 heteroatoms. The fourth-order valence-corrected chi connectivity index (χ4v) is 0.993. The van der Waals surface area contributed by atoms with Crippen LogP contribution in [0.1, 0.15) is 11.1 Å². The molecule has 1 nitrogen and oxygen atoms in total. The van der Waals surface area contributed by atoms with E-state index >= 15 is 0 Å². The second kappa shape index (κ2) is 2.85. The smallest absolute Gasteiger partial charge is 0.100 e. The molecule has 0 heterocycles. The van der Waals surface area contributed by atoms with E-state index in [1.807, 2.05) is 18.2 Å². The number of hydrogen-bond acceptors (Lipinski definition) is 1. The maximum Gasteiger partial charge on any atom is 0.100 e. The van der Waals surface area contributed by atoms with E-state index < -0.39 is 0 Å². The summed E-state index contributed by atoms with van der Waals surface area (Å²) in [6, 6.07) is 7.46. The topological polar surface area (TPSA) is 23.8 Å². The van der Waals surface area contributed by atoms with Crippen LogP contribution in [0.3, 0.4) is 0 Å². The van der Waals surface area contributed by atoms with Gasteiger partial charge in [0, 0.05) is 4.47 Å². The Bertz CT molecular complexity index is 286. The van der Waals surface area contributed by atoms with Crippen LogP contribution in [0.25, 0.3) is 0 Å². The zero-order chi connectivity index (χ0) is 7.56. The van der Waals surface area contributed by atoms with Crippen LogP contribution in [0.15, 0.2) is 22.7 Å². The zero-order valence-electron chi connectivity index (χ0n) is 5.26. The maximum absolute atomic E-state index is 8.54. The minimum atomic E-state index is 0.632. The van der Waals surface area contributed by atoms with E-state index in [9.17, 15) is 0 Å². The molecule has 0 spiro atoms. The molecule has 0 unspecified atom stereocenters. The number of benzene rings is 1. The van der Waals surface area contributed by atoms with Crippen LogP contribution >= 0.6 is 15.9 Å². The number of halogens is 1. The Morgan fingerprint density at radius 1 is 1.50 bits per heavy atom. The molecular weight excluding hydrogens is 190 g/mol. The molecule has 0 atom stereocenters. The van der Waals surface area contributed by atoms with Gasteiger partial charge in [-0.1, -0.05) is 6.07 Å². The first-order valence-electron chi connectivity index (χ1n) is 2.75. The molecule has 10 heavy (non-hydrogen) atoms. The molecule has 49 valence electrons. The van der Waals surface area contributed by atoms with Crippen molar-refractivity contribution in [1.29, 1.82) is 5.26 Å². The largest absolute Gasteiger partial charge is 0.192 e. The van der Waals surface area contributed by atoms with Crippen LogP contribution in [-0.2, 0) is 0 Å². The maximum atomic E-state index is 8.54. The van der Waals surface area contributed by atoms with Gasteiger partial charge in [-0.2, -0.15) is 5.26 Å². The molecule has 0 aliphatic heterocycles. The summed E-state index contributed by atoms with van der Waals surface area (Å²) in [5.41, 5.74) is 1.49. The predicted octanol–water partition coefficient (Wildman–Crippen LogP) is 2.50. The molecule has 0 aromatic heterocycles. The number of rotatable bonds is 0. The van der Waals surface area contributed by atoms with Gasteiger partial charge in [-0.25, -0.2) is 0 Å². The van der Waals surface area contributed by atoms with Crippen molar-refractivity contribution in [2.24, 2.45) is 0 Å². The first kappa shape index (κ1) is 7.30. The minimum absolute atomic E-state index is 0.632. The Labute approximate surface area is 68.4 Å². The summed E-state index contributed by atoms with van der Waals surface area (Å²) < 4.78 is 0.822. The van der Waals surface area contributed by atoms with E-state index in [0.717, 1.165) is 10.0 Å². The van der Waals surface area contributed by atoms with Crippen molar-refractivity contribution in [3.05, 3.63) is 40.7 Å². The third-order valence-corrected chi connectivity index (χ3v) is 1.84. The van der Waals surface area contributed by atoms with E-state index in [1.54, 1.807) is 6.07 Å². The third-order valence-electron chi connectivity index (χ3n) is 1.15. The molecule has 0 saturated carbocycles. The molecular formula is C8H5BrN. The standard InChI is InChI=1S/C8H5BrN/c1-6-2-3-8(9)7(4-6)5-10/h2-4H,1H2. The van der Waals surface area contributed by atoms with Crippen LogP contribution in [-0.4, -0.2) is 0 Å². The molecule has 0 bridgehead atoms. The van der Waals surface area contributed by atoms with Gasteiger partial charge < -0.3 is 0 Å². The van der Waals surface area contributed by atoms with Crippen molar-refractivity contribution < 1.29 is 0 Å². The van der Waals surface area contributed by atoms with E-state index in [0.29, 0.717) is 5.56 Å². The summed E-state index contributed by atoms with van der Waals surface area (Å²) in [6.07, 6.45) is 0. The van der Waals surface area contributed by atoms with Crippen LogP contribution in [0.4, 0.5) is 0 Å². The lowest BCUT2D eigenvalue weighted by Gasteiger charge is -1.94. The predicted molar refractivity (Wildman–Crippen MR) is 43.3 cm³/mol. The van der Waals surface area contributed by atoms with Crippen LogP contribution in [0.2, 0.25) is 0 Å². The van der Waals surface area contributed by atoms with E-state index in [-0.39, 0.29) is 0 Å². The van der Waals surface area contributed by atoms with Crippen molar-refractivity contribution >= 4 is 15.9 Å². The lowest BCUT2D eigenvalue weighted by molar-refractivity contribution is 1.45. The number of hydrogen-bond donors (Lipinski definition) is 0. The quantitative estimate of drug-likeness (QED) is 0.623. The number of nitrogens with zero attached hydrogens (tertiary/aromatic N) is 1. The summed E-state index contributed by atoms with van der Waals surface area (Å²) in [5, 5.41) is 8.54. The van der Waals surface area contributed by atoms with Gasteiger partial charge in [0.25, 0.3) is 0 Å². The van der Waals surface area contributed by atoms with Crippen LogP contribution < -0.4 is 0 Å². The van der Waals surface area contributed by atoms with Crippen LogP contribution in [0.5, 0.6) is 0 Å². The highest BCUT2D eigenvalue weighted by molar-refractivity contribution is 9.10. The molecule has 0 aliphatic rings. The molecule has 0 aliphatic carbocycles. The highest BCUT2D eigenvalue weighted by atomic mass is 79.9. The Kier molecular flexibility index (Phi) is 2.08. The van der Waals surface area contributed by atoms with Gasteiger partial charge in [0.1, 0.15) is 6.07 Å². The summed E-state index contributed by atoms with van der Waals surface area (Å²) >= 11 is 3.24. The average Bonchev–Trinajstić information content (AvgIpc) is 1.94. The molecule has 0 N–H and O–H groups in total. The summed E-state index contributed by atoms with van der Waals surface area (Å²) in [5.74, 6) is 0. The first-order valence-corrected chi connectivity index (χ1v) is 3.55. The summed E-state index contributed by atoms with van der Waals surface area (Å²) in [7, 11) is 0. The van der Waals surface area contributed by atoms with Gasteiger partial charge in [0.2, 0.25) is 0 Å². The van der Waals surface area contributed by atoms with E-state index in [4.69, 9.17) is 5.26 Å². The van der Waals surface area contributed by atoms with Gasteiger partial charge in [0.05, 0.1) is 5.56 Å². The normalized spacial score (nSPS) is 8.90. The van der Waals surface area contributed by atoms with Gasteiger partial charge in [0.15, 0.2) is 0 Å². The van der Waals surface area contributed by atoms with E-state index in [2.05, 4.69) is 22.9 Å². The van der Waals surface area contributed by atoms with Gasteiger partial charge in [-0.3, -0.25) is 0 Å².